The number of ether oxygens (including phenoxy) is 3. The number of amides is 2. The number of carbonyl (C=O) groups excluding carboxylic acids is 2. The molecule has 2 amide bonds. The van der Waals surface area contributed by atoms with Gasteiger partial charge in [0.2, 0.25) is 11.8 Å². The Labute approximate surface area is 261 Å². The lowest BCUT2D eigenvalue weighted by Gasteiger charge is -2.32. The second kappa shape index (κ2) is 16.0. The van der Waals surface area contributed by atoms with Gasteiger partial charge in [0.05, 0.1) is 31.4 Å². The molecule has 10 nitrogen and oxygen atoms in total. The first-order chi connectivity index (χ1) is 21.0. The predicted octanol–water partition coefficient (Wildman–Crippen LogP) is 4.67. The molecule has 3 aromatic carbocycles. The minimum atomic E-state index is -4.29. The molecular formula is C33H43N3O7S. The maximum absolute atomic E-state index is 14.2. The van der Waals surface area contributed by atoms with Gasteiger partial charge in [0, 0.05) is 18.7 Å². The van der Waals surface area contributed by atoms with Gasteiger partial charge in [0.15, 0.2) is 11.5 Å². The van der Waals surface area contributed by atoms with Gasteiger partial charge in [-0.05, 0) is 75.6 Å². The Bertz CT molecular complexity index is 1480. The van der Waals surface area contributed by atoms with E-state index in [1.54, 1.807) is 31.2 Å². The van der Waals surface area contributed by atoms with Gasteiger partial charge in [0.1, 0.15) is 18.3 Å². The van der Waals surface area contributed by atoms with Crippen molar-refractivity contribution in [2.45, 2.75) is 57.5 Å². The van der Waals surface area contributed by atoms with E-state index in [1.807, 2.05) is 51.1 Å². The molecule has 0 radical (unpaired) electrons. The molecule has 0 heterocycles. The van der Waals surface area contributed by atoms with Crippen LogP contribution < -0.4 is 23.8 Å². The number of rotatable bonds is 16. The first-order valence-electron chi connectivity index (χ1n) is 14.7. The molecule has 3 aromatic rings. The molecule has 0 spiro atoms. The van der Waals surface area contributed by atoms with E-state index in [4.69, 9.17) is 14.2 Å². The Balaban J connectivity index is 2.03. The van der Waals surface area contributed by atoms with Crippen molar-refractivity contribution in [3.8, 4) is 17.2 Å². The number of hydrogen-bond acceptors (Lipinski definition) is 7. The van der Waals surface area contributed by atoms with Crippen molar-refractivity contribution in [2.75, 3.05) is 38.2 Å². The van der Waals surface area contributed by atoms with Crippen LogP contribution >= 0.6 is 0 Å². The fraction of sp³-hybridized carbons (Fsp3) is 0.394. The zero-order valence-electron chi connectivity index (χ0n) is 26.3. The Morgan fingerprint density at radius 1 is 0.886 bits per heavy atom. The van der Waals surface area contributed by atoms with E-state index < -0.39 is 28.5 Å². The molecule has 0 saturated carbocycles. The summed E-state index contributed by atoms with van der Waals surface area (Å²) in [6.07, 6.45) is 1.21. The second-order valence-corrected chi connectivity index (χ2v) is 12.1. The van der Waals surface area contributed by atoms with Gasteiger partial charge in [0.25, 0.3) is 10.0 Å². The lowest BCUT2D eigenvalue weighted by molar-refractivity contribution is -0.139. The monoisotopic (exact) mass is 625 g/mol. The van der Waals surface area contributed by atoms with E-state index in [0.29, 0.717) is 24.5 Å². The van der Waals surface area contributed by atoms with E-state index >= 15 is 0 Å². The zero-order valence-corrected chi connectivity index (χ0v) is 27.1. The molecule has 0 aliphatic heterocycles. The predicted molar refractivity (Wildman–Crippen MR) is 171 cm³/mol. The van der Waals surface area contributed by atoms with Crippen LogP contribution in [0.3, 0.4) is 0 Å². The van der Waals surface area contributed by atoms with Crippen LogP contribution in [0.15, 0.2) is 77.7 Å². The molecule has 3 rings (SSSR count). The quantitative estimate of drug-likeness (QED) is 0.246. The van der Waals surface area contributed by atoms with Crippen LogP contribution in [0.4, 0.5) is 5.69 Å². The Morgan fingerprint density at radius 2 is 1.55 bits per heavy atom. The van der Waals surface area contributed by atoms with Crippen molar-refractivity contribution in [1.29, 1.82) is 0 Å². The lowest BCUT2D eigenvalue weighted by atomic mass is 10.1. The van der Waals surface area contributed by atoms with Gasteiger partial charge in [-0.3, -0.25) is 13.9 Å². The summed E-state index contributed by atoms with van der Waals surface area (Å²) >= 11 is 0. The molecule has 238 valence electrons. The second-order valence-electron chi connectivity index (χ2n) is 10.3. The van der Waals surface area contributed by atoms with Crippen LogP contribution in [0.5, 0.6) is 17.2 Å². The van der Waals surface area contributed by atoms with Crippen molar-refractivity contribution in [3.63, 3.8) is 0 Å². The first-order valence-corrected chi connectivity index (χ1v) is 16.1. The summed E-state index contributed by atoms with van der Waals surface area (Å²) in [5, 5.41) is 2.94. The summed E-state index contributed by atoms with van der Waals surface area (Å²) in [6, 6.07) is 19.4. The standard InChI is InChI=1S/C33H43N3O7S/c1-7-24(3)34-33(38)25(4)35(21-20-26-12-10-9-11-13-26)32(37)23-36(27-14-16-28(17-15-27)43-8-2)44(39,40)29-18-19-30(41-5)31(22-29)42-6/h9-19,22,24-25H,7-8,20-21,23H2,1-6H3,(H,34,38)/t24-,25+/m1/s1. The Kier molecular flexibility index (Phi) is 12.5. The molecule has 44 heavy (non-hydrogen) atoms. The number of benzene rings is 3. The number of nitrogens with zero attached hydrogens (tertiary/aromatic N) is 2. The van der Waals surface area contributed by atoms with Crippen molar-refractivity contribution >= 4 is 27.5 Å². The van der Waals surface area contributed by atoms with Crippen LogP contribution in [0.2, 0.25) is 0 Å². The molecule has 0 saturated heterocycles. The number of nitrogens with one attached hydrogen (secondary N) is 1. The Hall–Kier alpha value is -4.25. The average Bonchev–Trinajstić information content (AvgIpc) is 3.04. The fourth-order valence-corrected chi connectivity index (χ4v) is 5.97. The zero-order chi connectivity index (χ0) is 32.3. The third kappa shape index (κ3) is 8.66. The minimum Gasteiger partial charge on any atom is -0.494 e. The topological polar surface area (TPSA) is 114 Å². The summed E-state index contributed by atoms with van der Waals surface area (Å²) in [5.41, 5.74) is 1.25. The SMILES string of the molecule is CCOc1ccc(N(CC(=O)N(CCc2ccccc2)[C@@H](C)C(=O)N[C@H](C)CC)S(=O)(=O)c2ccc(OC)c(OC)c2)cc1. The Morgan fingerprint density at radius 3 is 2.14 bits per heavy atom. The summed E-state index contributed by atoms with van der Waals surface area (Å²) < 4.78 is 45.6. The van der Waals surface area contributed by atoms with Gasteiger partial charge < -0.3 is 24.4 Å². The van der Waals surface area contributed by atoms with Crippen LogP contribution in [-0.4, -0.2) is 71.1 Å². The first kappa shape index (κ1) is 34.2. The van der Waals surface area contributed by atoms with Gasteiger partial charge >= 0.3 is 0 Å². The maximum atomic E-state index is 14.2. The summed E-state index contributed by atoms with van der Waals surface area (Å²) in [7, 11) is -1.42. The van der Waals surface area contributed by atoms with E-state index in [2.05, 4.69) is 5.32 Å². The normalized spacial score (nSPS) is 12.5. The highest BCUT2D eigenvalue weighted by Crippen LogP contribution is 2.33. The number of methoxy groups -OCH3 is 2. The molecule has 11 heteroatoms. The molecule has 1 N–H and O–H groups in total. The largest absolute Gasteiger partial charge is 0.494 e. The molecule has 0 aliphatic rings. The van der Waals surface area contributed by atoms with Gasteiger partial charge in [-0.15, -0.1) is 0 Å². The molecule has 0 fully saturated rings. The van der Waals surface area contributed by atoms with E-state index in [1.165, 1.54) is 37.3 Å². The number of carbonyl (C=O) groups is 2. The van der Waals surface area contributed by atoms with E-state index in [-0.39, 0.29) is 34.8 Å². The highest BCUT2D eigenvalue weighted by Gasteiger charge is 2.33. The maximum Gasteiger partial charge on any atom is 0.264 e. The van der Waals surface area contributed by atoms with Gasteiger partial charge in [-0.1, -0.05) is 37.3 Å². The molecule has 0 unspecified atom stereocenters. The van der Waals surface area contributed by atoms with Crippen molar-refractivity contribution in [3.05, 3.63) is 78.4 Å². The molecule has 0 aliphatic carbocycles. The van der Waals surface area contributed by atoms with Crippen LogP contribution in [0.25, 0.3) is 0 Å². The average molecular weight is 626 g/mol. The number of hydrogen-bond donors (Lipinski definition) is 1. The summed E-state index contributed by atoms with van der Waals surface area (Å²) in [6.45, 7) is 7.48. The van der Waals surface area contributed by atoms with Crippen molar-refractivity contribution in [2.24, 2.45) is 0 Å². The minimum absolute atomic E-state index is 0.0817. The number of anilines is 1. The number of sulfonamides is 1. The van der Waals surface area contributed by atoms with Crippen molar-refractivity contribution < 1.29 is 32.2 Å². The van der Waals surface area contributed by atoms with Crippen LogP contribution in [-0.2, 0) is 26.0 Å². The molecular weight excluding hydrogens is 582 g/mol. The van der Waals surface area contributed by atoms with Crippen molar-refractivity contribution in [1.82, 2.24) is 10.2 Å². The molecule has 0 bridgehead atoms. The third-order valence-corrected chi connectivity index (χ3v) is 9.08. The van der Waals surface area contributed by atoms with Gasteiger partial charge in [-0.2, -0.15) is 0 Å². The van der Waals surface area contributed by atoms with E-state index in [9.17, 15) is 18.0 Å². The highest BCUT2D eigenvalue weighted by atomic mass is 32.2. The third-order valence-electron chi connectivity index (χ3n) is 7.31. The fourth-order valence-electron chi connectivity index (χ4n) is 4.54. The van der Waals surface area contributed by atoms with Crippen LogP contribution in [0.1, 0.15) is 39.7 Å². The van der Waals surface area contributed by atoms with Gasteiger partial charge in [-0.25, -0.2) is 8.42 Å². The molecule has 2 atom stereocenters. The molecule has 0 aromatic heterocycles. The highest BCUT2D eigenvalue weighted by molar-refractivity contribution is 7.92. The van der Waals surface area contributed by atoms with Crippen LogP contribution in [0, 0.1) is 0 Å². The summed E-state index contributed by atoms with van der Waals surface area (Å²) in [4.78, 5) is 28.6. The smallest absolute Gasteiger partial charge is 0.264 e. The lowest BCUT2D eigenvalue weighted by Crippen LogP contribution is -2.53. The van der Waals surface area contributed by atoms with E-state index in [0.717, 1.165) is 16.3 Å². The summed E-state index contributed by atoms with van der Waals surface area (Å²) in [5.74, 6) is 0.322.